The van der Waals surface area contributed by atoms with Gasteiger partial charge in [0.15, 0.2) is 18.2 Å². The van der Waals surface area contributed by atoms with Crippen LogP contribution in [0.1, 0.15) is 39.0 Å². The average molecular weight is 418 g/mol. The molecule has 0 bridgehead atoms. The molecule has 156 valence electrons. The molecule has 28 heavy (non-hydrogen) atoms. The summed E-state index contributed by atoms with van der Waals surface area (Å²) in [5.74, 6) is -3.22. The topological polar surface area (TPSA) is 102 Å². The molecule has 0 saturated heterocycles. The van der Waals surface area contributed by atoms with E-state index in [1.165, 1.54) is 0 Å². The number of hydrogen-bond acceptors (Lipinski definition) is 5. The van der Waals surface area contributed by atoms with Crippen molar-refractivity contribution in [1.29, 1.82) is 0 Å². The van der Waals surface area contributed by atoms with Crippen LogP contribution in [0.25, 0.3) is 0 Å². The van der Waals surface area contributed by atoms with E-state index in [9.17, 15) is 26.8 Å². The Bertz CT molecular complexity index is 816. The Hall–Kier alpha value is -2.07. The zero-order valence-corrected chi connectivity index (χ0v) is 16.4. The lowest BCUT2D eigenvalue weighted by atomic mass is 9.86. The van der Waals surface area contributed by atoms with Crippen molar-refractivity contribution in [2.45, 2.75) is 50.0 Å². The van der Waals surface area contributed by atoms with E-state index in [0.717, 1.165) is 31.7 Å². The third-order valence-electron chi connectivity index (χ3n) is 4.64. The van der Waals surface area contributed by atoms with Gasteiger partial charge in [-0.3, -0.25) is 9.59 Å². The summed E-state index contributed by atoms with van der Waals surface area (Å²) in [4.78, 5) is 23.1. The summed E-state index contributed by atoms with van der Waals surface area (Å²) in [7, 11) is -4.10. The van der Waals surface area contributed by atoms with Gasteiger partial charge in [-0.2, -0.15) is 0 Å². The van der Waals surface area contributed by atoms with E-state index in [2.05, 4.69) is 17.0 Å². The first kappa shape index (κ1) is 22.2. The van der Waals surface area contributed by atoms with Gasteiger partial charge in [0.2, 0.25) is 10.0 Å². The van der Waals surface area contributed by atoms with Crippen LogP contribution in [0.15, 0.2) is 23.1 Å². The quantitative estimate of drug-likeness (QED) is 0.628. The number of hydrogen-bond donors (Lipinski definition) is 2. The molecule has 1 amide bonds. The molecule has 0 aromatic heterocycles. The fourth-order valence-corrected chi connectivity index (χ4v) is 4.06. The van der Waals surface area contributed by atoms with Crippen molar-refractivity contribution < 1.29 is 31.5 Å². The van der Waals surface area contributed by atoms with E-state index < -0.39 is 45.0 Å². The minimum atomic E-state index is -4.10. The van der Waals surface area contributed by atoms with Gasteiger partial charge in [-0.05, 0) is 37.0 Å². The maximum Gasteiger partial charge on any atom is 0.307 e. The van der Waals surface area contributed by atoms with Gasteiger partial charge in [-0.15, -0.1) is 0 Å². The van der Waals surface area contributed by atoms with Crippen molar-refractivity contribution in [3.05, 3.63) is 29.8 Å². The van der Waals surface area contributed by atoms with Crippen molar-refractivity contribution in [1.82, 2.24) is 10.0 Å². The molecule has 1 aromatic rings. The van der Waals surface area contributed by atoms with Crippen LogP contribution in [0.4, 0.5) is 8.78 Å². The fourth-order valence-electron chi connectivity index (χ4n) is 3.01. The van der Waals surface area contributed by atoms with Crippen LogP contribution in [-0.4, -0.2) is 39.5 Å². The van der Waals surface area contributed by atoms with Gasteiger partial charge in [0.25, 0.3) is 5.91 Å². The van der Waals surface area contributed by atoms with E-state index in [-0.39, 0.29) is 19.0 Å². The molecule has 0 aliphatic heterocycles. The van der Waals surface area contributed by atoms with Crippen LogP contribution < -0.4 is 10.0 Å². The molecular formula is C18H24F2N2O5S. The summed E-state index contributed by atoms with van der Waals surface area (Å²) in [5.41, 5.74) is 0. The number of sulfonamides is 1. The number of carbonyl (C=O) groups is 2. The number of carbonyl (C=O) groups excluding carboxylic acids is 2. The lowest BCUT2D eigenvalue weighted by molar-refractivity contribution is -0.148. The molecule has 1 fully saturated rings. The molecule has 1 saturated carbocycles. The van der Waals surface area contributed by atoms with E-state index in [4.69, 9.17) is 4.74 Å². The Balaban J connectivity index is 1.71. The first-order valence-electron chi connectivity index (χ1n) is 9.09. The number of halogens is 2. The molecule has 0 heterocycles. The summed E-state index contributed by atoms with van der Waals surface area (Å²) in [6, 6.07) is 2.23. The fraction of sp³-hybridized carbons (Fsp3) is 0.556. The molecule has 0 unspecified atom stereocenters. The molecule has 7 nitrogen and oxygen atoms in total. The minimum Gasteiger partial charge on any atom is -0.456 e. The van der Waals surface area contributed by atoms with Crippen molar-refractivity contribution in [2.75, 3.05) is 13.2 Å². The Morgan fingerprint density at radius 1 is 1.18 bits per heavy atom. The normalized spacial score (nSPS) is 19.8. The van der Waals surface area contributed by atoms with Crippen molar-refractivity contribution >= 4 is 21.9 Å². The third kappa shape index (κ3) is 6.52. The smallest absolute Gasteiger partial charge is 0.307 e. The summed E-state index contributed by atoms with van der Waals surface area (Å²) in [6.07, 6.45) is 3.82. The standard InChI is InChI=1S/C18H24F2N2O5S/c1-12-4-2-3-5-16(12)22-17(23)11-27-18(24)8-9-21-28(25,26)13-6-7-14(19)15(20)10-13/h6-7,10,12,16,21H,2-5,8-9,11H2,1H3,(H,22,23)/t12-,16+/m1/s1. The molecule has 2 atom stereocenters. The van der Waals surface area contributed by atoms with E-state index in [1.54, 1.807) is 0 Å². The van der Waals surface area contributed by atoms with Crippen LogP contribution in [0.3, 0.4) is 0 Å². The first-order chi connectivity index (χ1) is 13.2. The molecular weight excluding hydrogens is 394 g/mol. The Labute approximate surface area is 162 Å². The number of ether oxygens (including phenoxy) is 1. The second-order valence-electron chi connectivity index (χ2n) is 6.82. The minimum absolute atomic E-state index is 0.0721. The van der Waals surface area contributed by atoms with Gasteiger partial charge in [0.1, 0.15) is 0 Å². The zero-order valence-electron chi connectivity index (χ0n) is 15.5. The van der Waals surface area contributed by atoms with Gasteiger partial charge in [-0.25, -0.2) is 21.9 Å². The summed E-state index contributed by atoms with van der Waals surface area (Å²) in [6.45, 7) is 1.33. The van der Waals surface area contributed by atoms with Gasteiger partial charge >= 0.3 is 5.97 Å². The highest BCUT2D eigenvalue weighted by Gasteiger charge is 2.23. The van der Waals surface area contributed by atoms with Crippen LogP contribution >= 0.6 is 0 Å². The van der Waals surface area contributed by atoms with Crippen molar-refractivity contribution in [3.63, 3.8) is 0 Å². The lowest BCUT2D eigenvalue weighted by Gasteiger charge is -2.29. The number of esters is 1. The van der Waals surface area contributed by atoms with E-state index >= 15 is 0 Å². The molecule has 10 heteroatoms. The summed E-state index contributed by atoms with van der Waals surface area (Å²) < 4.78 is 56.9. The molecule has 2 rings (SSSR count). The van der Waals surface area contributed by atoms with Crippen LogP contribution in [0, 0.1) is 17.6 Å². The highest BCUT2D eigenvalue weighted by molar-refractivity contribution is 7.89. The van der Waals surface area contributed by atoms with Gasteiger partial charge in [0, 0.05) is 12.6 Å². The molecule has 1 aromatic carbocycles. The molecule has 1 aliphatic rings. The molecule has 1 aliphatic carbocycles. The predicted octanol–water partition coefficient (Wildman–Crippen LogP) is 1.87. The van der Waals surface area contributed by atoms with Crippen LogP contribution in [0.2, 0.25) is 0 Å². The largest absolute Gasteiger partial charge is 0.456 e. The maximum absolute atomic E-state index is 13.1. The van der Waals surface area contributed by atoms with Crippen molar-refractivity contribution in [2.24, 2.45) is 5.92 Å². The van der Waals surface area contributed by atoms with Crippen LogP contribution in [0.5, 0.6) is 0 Å². The number of benzene rings is 1. The number of rotatable bonds is 8. The molecule has 0 radical (unpaired) electrons. The predicted molar refractivity (Wildman–Crippen MR) is 96.7 cm³/mol. The lowest BCUT2D eigenvalue weighted by Crippen LogP contribution is -2.43. The van der Waals surface area contributed by atoms with Gasteiger partial charge in [-0.1, -0.05) is 19.8 Å². The Morgan fingerprint density at radius 2 is 1.89 bits per heavy atom. The van der Waals surface area contributed by atoms with E-state index in [1.807, 2.05) is 0 Å². The second-order valence-corrected chi connectivity index (χ2v) is 8.59. The first-order valence-corrected chi connectivity index (χ1v) is 10.6. The van der Waals surface area contributed by atoms with Crippen LogP contribution in [-0.2, 0) is 24.3 Å². The third-order valence-corrected chi connectivity index (χ3v) is 6.10. The van der Waals surface area contributed by atoms with Crippen molar-refractivity contribution in [3.8, 4) is 0 Å². The Morgan fingerprint density at radius 3 is 2.57 bits per heavy atom. The summed E-state index contributed by atoms with van der Waals surface area (Å²) >= 11 is 0. The number of nitrogens with one attached hydrogen (secondary N) is 2. The van der Waals surface area contributed by atoms with Gasteiger partial charge < -0.3 is 10.1 Å². The monoisotopic (exact) mass is 418 g/mol. The maximum atomic E-state index is 13.1. The molecule has 2 N–H and O–H groups in total. The number of amides is 1. The zero-order chi connectivity index (χ0) is 20.7. The molecule has 0 spiro atoms. The average Bonchev–Trinajstić information content (AvgIpc) is 2.64. The summed E-state index contributed by atoms with van der Waals surface area (Å²) in [5, 5.41) is 2.84. The highest BCUT2D eigenvalue weighted by atomic mass is 32.2. The second kappa shape index (κ2) is 9.92. The Kier molecular flexibility index (Phi) is 7.88. The highest BCUT2D eigenvalue weighted by Crippen LogP contribution is 2.23. The SMILES string of the molecule is C[C@@H]1CCCC[C@@H]1NC(=O)COC(=O)CCNS(=O)(=O)c1ccc(F)c(F)c1. The van der Waals surface area contributed by atoms with Gasteiger partial charge in [0.05, 0.1) is 11.3 Å². The van der Waals surface area contributed by atoms with E-state index in [0.29, 0.717) is 18.1 Å².